The second-order valence-corrected chi connectivity index (χ2v) is 9.96. The molecule has 0 radical (unpaired) electrons. The van der Waals surface area contributed by atoms with Crippen molar-refractivity contribution in [2.75, 3.05) is 31.1 Å². The van der Waals surface area contributed by atoms with Gasteiger partial charge in [-0.2, -0.15) is 5.26 Å². The number of rotatable bonds is 4. The monoisotopic (exact) mass is 516 g/mol. The maximum absolute atomic E-state index is 13.7. The van der Waals surface area contributed by atoms with Crippen molar-refractivity contribution in [3.05, 3.63) is 104 Å². The molecule has 0 saturated carbocycles. The highest BCUT2D eigenvalue weighted by molar-refractivity contribution is 8.06. The van der Waals surface area contributed by atoms with Gasteiger partial charge in [0.05, 0.1) is 10.6 Å². The van der Waals surface area contributed by atoms with E-state index in [0.29, 0.717) is 41.8 Å². The molecule has 2 aromatic carbocycles. The van der Waals surface area contributed by atoms with Crippen LogP contribution in [0.4, 0.5) is 10.1 Å². The number of carbonyl (C=O) groups excluding carboxylic acids is 2. The molecule has 36 heavy (non-hydrogen) atoms. The van der Waals surface area contributed by atoms with E-state index < -0.39 is 0 Å². The molecular formula is C27H21FN4O2S2. The van der Waals surface area contributed by atoms with E-state index in [9.17, 15) is 19.2 Å². The van der Waals surface area contributed by atoms with Crippen molar-refractivity contribution < 1.29 is 14.0 Å². The molecule has 1 aromatic heterocycles. The third-order valence-corrected chi connectivity index (χ3v) is 7.82. The average molecular weight is 517 g/mol. The van der Waals surface area contributed by atoms with Gasteiger partial charge < -0.3 is 14.7 Å². The van der Waals surface area contributed by atoms with Crippen molar-refractivity contribution in [1.29, 1.82) is 5.26 Å². The number of hydrogen-bond donors (Lipinski definition) is 0. The van der Waals surface area contributed by atoms with Crippen LogP contribution in [0.5, 0.6) is 0 Å². The van der Waals surface area contributed by atoms with Gasteiger partial charge in [0.1, 0.15) is 22.5 Å². The van der Waals surface area contributed by atoms with Crippen LogP contribution >= 0.6 is 23.1 Å². The molecule has 0 N–H and O–H groups in total. The van der Waals surface area contributed by atoms with Gasteiger partial charge in [0.25, 0.3) is 11.8 Å². The minimum Gasteiger partial charge on any atom is -0.334 e. The molecule has 3 aromatic rings. The van der Waals surface area contributed by atoms with Gasteiger partial charge in [-0.05, 0) is 41.3 Å². The number of thioether (sulfide) groups is 1. The molecule has 1 saturated heterocycles. The number of halogens is 1. The predicted octanol–water partition coefficient (Wildman–Crippen LogP) is 5.16. The number of hydrogen-bond acceptors (Lipinski definition) is 6. The Bertz CT molecular complexity index is 1370. The first kappa shape index (κ1) is 23.9. The van der Waals surface area contributed by atoms with E-state index >= 15 is 0 Å². The molecule has 0 bridgehead atoms. The van der Waals surface area contributed by atoms with E-state index in [-0.39, 0.29) is 23.2 Å². The lowest BCUT2D eigenvalue weighted by molar-refractivity contribution is -0.128. The largest absolute Gasteiger partial charge is 0.334 e. The zero-order valence-corrected chi connectivity index (χ0v) is 20.8. The molecule has 2 amide bonds. The van der Waals surface area contributed by atoms with Crippen molar-refractivity contribution in [3.63, 3.8) is 0 Å². The molecule has 6 nitrogen and oxygen atoms in total. The lowest BCUT2D eigenvalue weighted by Crippen LogP contribution is -2.51. The topological polar surface area (TPSA) is 67.6 Å². The number of amides is 2. The van der Waals surface area contributed by atoms with Crippen LogP contribution in [0.1, 0.15) is 15.2 Å². The summed E-state index contributed by atoms with van der Waals surface area (Å²) in [5, 5.41) is 14.3. The van der Waals surface area contributed by atoms with Gasteiger partial charge in [0.15, 0.2) is 0 Å². The number of piperazine rings is 1. The smallest absolute Gasteiger partial charge is 0.267 e. The maximum Gasteiger partial charge on any atom is 0.267 e. The van der Waals surface area contributed by atoms with Crippen LogP contribution < -0.4 is 4.90 Å². The molecule has 3 heterocycles. The van der Waals surface area contributed by atoms with Crippen LogP contribution in [-0.2, 0) is 4.79 Å². The Hall–Kier alpha value is -3.87. The number of carbonyl (C=O) groups is 2. The summed E-state index contributed by atoms with van der Waals surface area (Å²) >= 11 is 2.69. The fraction of sp³-hybridized carbons (Fsp3) is 0.148. The summed E-state index contributed by atoms with van der Waals surface area (Å²) in [4.78, 5) is 32.0. The van der Waals surface area contributed by atoms with Crippen molar-refractivity contribution in [2.45, 2.75) is 0 Å². The van der Waals surface area contributed by atoms with Crippen LogP contribution in [0.25, 0.3) is 5.70 Å². The number of benzene rings is 2. The lowest BCUT2D eigenvalue weighted by Gasteiger charge is -2.35. The van der Waals surface area contributed by atoms with Gasteiger partial charge in [-0.25, -0.2) is 4.39 Å². The molecule has 2 aliphatic heterocycles. The molecule has 1 fully saturated rings. The summed E-state index contributed by atoms with van der Waals surface area (Å²) in [5.74, 6) is -0.785. The molecule has 9 heteroatoms. The van der Waals surface area contributed by atoms with Crippen LogP contribution in [0.15, 0.2) is 88.1 Å². The molecule has 180 valence electrons. The summed E-state index contributed by atoms with van der Waals surface area (Å²) in [7, 11) is 0. The minimum absolute atomic E-state index is 0.0181. The summed E-state index contributed by atoms with van der Waals surface area (Å²) < 4.78 is 13.7. The standard InChI is InChI=1S/C27H21FN4O2S2/c28-20-8-10-21(11-9-20)32-23(19-5-2-1-3-6-19)18-36-27(32)22(17-29)25(33)30-12-14-31(15-13-30)26(34)24-7-4-16-35-24/h1-11,16,18H,12-15H2/b27-22-. The van der Waals surface area contributed by atoms with Crippen molar-refractivity contribution >= 4 is 46.3 Å². The Kier molecular flexibility index (Phi) is 6.89. The van der Waals surface area contributed by atoms with Crippen LogP contribution in [0.2, 0.25) is 0 Å². The van der Waals surface area contributed by atoms with E-state index in [4.69, 9.17) is 0 Å². The quantitative estimate of drug-likeness (QED) is 0.354. The van der Waals surface area contributed by atoms with E-state index in [1.807, 2.05) is 52.1 Å². The number of anilines is 1. The van der Waals surface area contributed by atoms with E-state index in [2.05, 4.69) is 6.07 Å². The first-order valence-corrected chi connectivity index (χ1v) is 13.1. The number of thiophene rings is 1. The van der Waals surface area contributed by atoms with Gasteiger partial charge in [-0.1, -0.05) is 48.2 Å². The summed E-state index contributed by atoms with van der Waals surface area (Å²) in [6.45, 7) is 1.49. The fourth-order valence-corrected chi connectivity index (χ4v) is 5.88. The minimum atomic E-state index is -0.377. The van der Waals surface area contributed by atoms with Crippen molar-refractivity contribution in [2.24, 2.45) is 0 Å². The maximum atomic E-state index is 13.7. The Morgan fingerprint density at radius 3 is 2.22 bits per heavy atom. The molecule has 5 rings (SSSR count). The van der Waals surface area contributed by atoms with E-state index in [0.717, 1.165) is 11.3 Å². The highest BCUT2D eigenvalue weighted by Gasteiger charge is 2.33. The summed E-state index contributed by atoms with van der Waals surface area (Å²) in [6, 6.07) is 21.4. The Balaban J connectivity index is 1.42. The van der Waals surface area contributed by atoms with Crippen molar-refractivity contribution in [3.8, 4) is 6.07 Å². The Morgan fingerprint density at radius 1 is 0.889 bits per heavy atom. The summed E-state index contributed by atoms with van der Waals surface area (Å²) in [5.41, 5.74) is 2.38. The normalized spacial score (nSPS) is 17.0. The second-order valence-electron chi connectivity index (χ2n) is 8.15. The fourth-order valence-electron chi connectivity index (χ4n) is 4.16. The zero-order chi connectivity index (χ0) is 25.1. The molecular weight excluding hydrogens is 495 g/mol. The predicted molar refractivity (Wildman–Crippen MR) is 140 cm³/mol. The highest BCUT2D eigenvalue weighted by atomic mass is 32.2. The van der Waals surface area contributed by atoms with Crippen molar-refractivity contribution in [1.82, 2.24) is 9.80 Å². The van der Waals surface area contributed by atoms with Gasteiger partial charge >= 0.3 is 0 Å². The Morgan fingerprint density at radius 2 is 1.58 bits per heavy atom. The molecule has 0 aliphatic carbocycles. The Labute approximate surface area is 216 Å². The third-order valence-electron chi connectivity index (χ3n) is 6.01. The van der Waals surface area contributed by atoms with Crippen LogP contribution in [0.3, 0.4) is 0 Å². The first-order chi connectivity index (χ1) is 17.6. The van der Waals surface area contributed by atoms with Crippen LogP contribution in [0, 0.1) is 17.1 Å². The van der Waals surface area contributed by atoms with Gasteiger partial charge in [0, 0.05) is 37.3 Å². The first-order valence-electron chi connectivity index (χ1n) is 11.3. The van der Waals surface area contributed by atoms with E-state index in [1.54, 1.807) is 28.0 Å². The molecule has 0 atom stereocenters. The number of nitrogens with zero attached hydrogens (tertiary/aromatic N) is 4. The summed E-state index contributed by atoms with van der Waals surface area (Å²) in [6.07, 6.45) is 0. The highest BCUT2D eigenvalue weighted by Crippen LogP contribution is 2.44. The third kappa shape index (κ3) is 4.65. The number of nitriles is 1. The molecule has 0 unspecified atom stereocenters. The van der Waals surface area contributed by atoms with E-state index in [1.165, 1.54) is 35.2 Å². The average Bonchev–Trinajstić information content (AvgIpc) is 3.61. The van der Waals surface area contributed by atoms with Crippen LogP contribution in [-0.4, -0.2) is 47.8 Å². The van der Waals surface area contributed by atoms with Gasteiger partial charge in [-0.15, -0.1) is 11.3 Å². The zero-order valence-electron chi connectivity index (χ0n) is 19.1. The molecule has 0 spiro atoms. The van der Waals surface area contributed by atoms with Gasteiger partial charge in [-0.3, -0.25) is 9.59 Å². The SMILES string of the molecule is N#C/C(C(=O)N1CCN(C(=O)c2cccs2)CC1)=C1/SC=C(c2ccccc2)N1c1ccc(F)cc1. The van der Waals surface area contributed by atoms with Gasteiger partial charge in [0.2, 0.25) is 0 Å². The molecule has 2 aliphatic rings. The lowest BCUT2D eigenvalue weighted by atomic mass is 10.1. The second kappa shape index (κ2) is 10.4.